The second kappa shape index (κ2) is 9.41. The van der Waals surface area contributed by atoms with Gasteiger partial charge in [0.05, 0.1) is 22.9 Å². The molecular formula is C24H18F2N2O4S2. The van der Waals surface area contributed by atoms with Crippen molar-refractivity contribution in [3.8, 4) is 11.3 Å². The molecule has 0 aliphatic carbocycles. The van der Waals surface area contributed by atoms with Gasteiger partial charge in [0.15, 0.2) is 0 Å². The largest absolute Gasteiger partial charge is 0.481 e. The summed E-state index contributed by atoms with van der Waals surface area (Å²) in [5, 5.41) is 15.1. The van der Waals surface area contributed by atoms with Crippen LogP contribution in [-0.4, -0.2) is 24.5 Å². The number of aromatic nitrogens is 1. The number of sulfonamides is 1. The SMILES string of the molecule is NS(=O)(=O)c1ccc(-c2nc(C(c3ccc(F)cc3)c3ccc(F)cc3)sc2CC(=O)O)cc1. The molecule has 0 radical (unpaired) electrons. The van der Waals surface area contributed by atoms with Crippen molar-refractivity contribution in [2.45, 2.75) is 17.2 Å². The van der Waals surface area contributed by atoms with Gasteiger partial charge < -0.3 is 5.11 Å². The minimum Gasteiger partial charge on any atom is -0.481 e. The van der Waals surface area contributed by atoms with Crippen molar-refractivity contribution in [1.82, 2.24) is 4.98 Å². The van der Waals surface area contributed by atoms with Crippen molar-refractivity contribution in [3.05, 3.63) is 105 Å². The quantitative estimate of drug-likeness (QED) is 0.387. The first kappa shape index (κ1) is 23.7. The van der Waals surface area contributed by atoms with Crippen LogP contribution < -0.4 is 5.14 Å². The first-order valence-electron chi connectivity index (χ1n) is 9.97. The third-order valence-corrected chi connectivity index (χ3v) is 7.19. The van der Waals surface area contributed by atoms with Gasteiger partial charge in [0.2, 0.25) is 10.0 Å². The highest BCUT2D eigenvalue weighted by molar-refractivity contribution is 7.89. The van der Waals surface area contributed by atoms with E-state index in [0.29, 0.717) is 32.3 Å². The molecule has 4 aromatic rings. The summed E-state index contributed by atoms with van der Waals surface area (Å²) in [6, 6.07) is 17.3. The summed E-state index contributed by atoms with van der Waals surface area (Å²) < 4.78 is 50.3. The molecule has 6 nitrogen and oxygen atoms in total. The lowest BCUT2D eigenvalue weighted by atomic mass is 9.91. The van der Waals surface area contributed by atoms with E-state index in [0.717, 1.165) is 0 Å². The lowest BCUT2D eigenvalue weighted by Crippen LogP contribution is -2.11. The van der Waals surface area contributed by atoms with Crippen LogP contribution in [0.3, 0.4) is 0 Å². The van der Waals surface area contributed by atoms with E-state index in [1.165, 1.54) is 59.9 Å². The van der Waals surface area contributed by atoms with Gasteiger partial charge in [-0.3, -0.25) is 4.79 Å². The Labute approximate surface area is 198 Å². The maximum atomic E-state index is 13.6. The molecule has 0 saturated carbocycles. The first-order chi connectivity index (χ1) is 16.1. The summed E-state index contributed by atoms with van der Waals surface area (Å²) in [4.78, 5) is 16.6. The molecule has 1 aromatic heterocycles. The van der Waals surface area contributed by atoms with Gasteiger partial charge in [0, 0.05) is 10.4 Å². The molecule has 0 aliphatic heterocycles. The van der Waals surface area contributed by atoms with Crippen molar-refractivity contribution in [3.63, 3.8) is 0 Å². The fourth-order valence-corrected chi connectivity index (χ4v) is 5.32. The zero-order chi connectivity index (χ0) is 24.5. The van der Waals surface area contributed by atoms with Crippen molar-refractivity contribution < 1.29 is 27.1 Å². The van der Waals surface area contributed by atoms with E-state index in [9.17, 15) is 27.1 Å². The Morgan fingerprint density at radius 1 is 0.912 bits per heavy atom. The number of thiazole rings is 1. The molecule has 0 spiro atoms. The van der Waals surface area contributed by atoms with Crippen LogP contribution in [0.25, 0.3) is 11.3 Å². The zero-order valence-electron chi connectivity index (χ0n) is 17.5. The number of benzene rings is 3. The number of carboxylic acids is 1. The molecule has 0 bridgehead atoms. The highest BCUT2D eigenvalue weighted by Crippen LogP contribution is 2.39. The number of carbonyl (C=O) groups is 1. The molecule has 0 amide bonds. The summed E-state index contributed by atoms with van der Waals surface area (Å²) >= 11 is 1.18. The molecule has 10 heteroatoms. The number of hydrogen-bond donors (Lipinski definition) is 2. The molecule has 1 heterocycles. The molecule has 0 atom stereocenters. The molecule has 34 heavy (non-hydrogen) atoms. The van der Waals surface area contributed by atoms with E-state index in [2.05, 4.69) is 0 Å². The van der Waals surface area contributed by atoms with Gasteiger partial charge in [-0.1, -0.05) is 36.4 Å². The topological polar surface area (TPSA) is 110 Å². The average Bonchev–Trinajstić information content (AvgIpc) is 3.18. The van der Waals surface area contributed by atoms with Crippen LogP contribution in [0, 0.1) is 11.6 Å². The molecule has 0 fully saturated rings. The second-order valence-electron chi connectivity index (χ2n) is 7.50. The lowest BCUT2D eigenvalue weighted by Gasteiger charge is -2.16. The molecule has 3 aromatic carbocycles. The summed E-state index contributed by atoms with van der Waals surface area (Å²) in [7, 11) is -3.89. The highest BCUT2D eigenvalue weighted by atomic mass is 32.2. The maximum absolute atomic E-state index is 13.6. The van der Waals surface area contributed by atoms with Crippen LogP contribution in [0.2, 0.25) is 0 Å². The number of hydrogen-bond acceptors (Lipinski definition) is 5. The van der Waals surface area contributed by atoms with Crippen LogP contribution in [-0.2, 0) is 21.2 Å². The Balaban J connectivity index is 1.86. The Morgan fingerprint density at radius 3 is 1.85 bits per heavy atom. The molecule has 3 N–H and O–H groups in total. The van der Waals surface area contributed by atoms with Gasteiger partial charge >= 0.3 is 5.97 Å². The lowest BCUT2D eigenvalue weighted by molar-refractivity contribution is -0.136. The number of primary sulfonamides is 1. The first-order valence-corrected chi connectivity index (χ1v) is 12.3. The highest BCUT2D eigenvalue weighted by Gasteiger charge is 2.25. The number of rotatable bonds is 7. The minimum absolute atomic E-state index is 0.0815. The number of halogens is 2. The van der Waals surface area contributed by atoms with E-state index in [1.807, 2.05) is 0 Å². The van der Waals surface area contributed by atoms with Crippen LogP contribution in [0.1, 0.15) is 26.9 Å². The van der Waals surface area contributed by atoms with Gasteiger partial charge in [-0.2, -0.15) is 0 Å². The smallest absolute Gasteiger partial charge is 0.308 e. The van der Waals surface area contributed by atoms with E-state index in [1.54, 1.807) is 24.3 Å². The van der Waals surface area contributed by atoms with Crippen molar-refractivity contribution in [2.75, 3.05) is 0 Å². The van der Waals surface area contributed by atoms with Gasteiger partial charge in [-0.05, 0) is 47.5 Å². The van der Waals surface area contributed by atoms with Crippen molar-refractivity contribution >= 4 is 27.3 Å². The Hall–Kier alpha value is -3.47. The molecule has 0 saturated heterocycles. The van der Waals surface area contributed by atoms with E-state index >= 15 is 0 Å². The number of aliphatic carboxylic acids is 1. The van der Waals surface area contributed by atoms with E-state index < -0.39 is 33.5 Å². The summed E-state index contributed by atoms with van der Waals surface area (Å²) in [5.41, 5.74) is 2.29. The molecule has 4 rings (SSSR count). The molecule has 0 unspecified atom stereocenters. The third kappa shape index (κ3) is 5.19. The van der Waals surface area contributed by atoms with Crippen molar-refractivity contribution in [1.29, 1.82) is 0 Å². The van der Waals surface area contributed by atoms with E-state index in [4.69, 9.17) is 10.1 Å². The molecule has 174 valence electrons. The van der Waals surface area contributed by atoms with Gasteiger partial charge in [-0.25, -0.2) is 27.3 Å². The Morgan fingerprint density at radius 2 is 1.41 bits per heavy atom. The van der Waals surface area contributed by atoms with Crippen molar-refractivity contribution in [2.24, 2.45) is 5.14 Å². The minimum atomic E-state index is -3.89. The van der Waals surface area contributed by atoms with Crippen LogP contribution in [0.4, 0.5) is 8.78 Å². The molecular weight excluding hydrogens is 482 g/mol. The fraction of sp³-hybridized carbons (Fsp3) is 0.0833. The average molecular weight is 501 g/mol. The van der Waals surface area contributed by atoms with Crippen LogP contribution in [0.5, 0.6) is 0 Å². The zero-order valence-corrected chi connectivity index (χ0v) is 19.1. The normalized spacial score (nSPS) is 11.6. The van der Waals surface area contributed by atoms with Gasteiger partial charge in [-0.15, -0.1) is 11.3 Å². The van der Waals surface area contributed by atoms with E-state index in [-0.39, 0.29) is 11.3 Å². The number of nitrogens with zero attached hydrogens (tertiary/aromatic N) is 1. The Bertz CT molecular complexity index is 1390. The predicted molar refractivity (Wildman–Crippen MR) is 124 cm³/mol. The standard InChI is InChI=1S/C24H18F2N2O4S2/c25-17-7-1-14(2-8-17)22(15-3-9-18(26)10-4-15)24-28-23(20(33-24)13-21(29)30)16-5-11-19(12-6-16)34(27,31)32/h1-12,22H,13H2,(H,29,30)(H2,27,31,32). The molecule has 0 aliphatic rings. The Kier molecular flexibility index (Phi) is 6.56. The van der Waals surface area contributed by atoms with Gasteiger partial charge in [0.25, 0.3) is 0 Å². The summed E-state index contributed by atoms with van der Waals surface area (Å²) in [5.74, 6) is -2.39. The predicted octanol–water partition coefficient (Wildman–Crippen LogP) is 4.54. The summed E-state index contributed by atoms with van der Waals surface area (Å²) in [6.07, 6.45) is -0.302. The third-order valence-electron chi connectivity index (χ3n) is 5.14. The number of carboxylic acid groups (broad SMARTS) is 1. The monoisotopic (exact) mass is 500 g/mol. The fourth-order valence-electron chi connectivity index (χ4n) is 3.57. The number of nitrogens with two attached hydrogens (primary N) is 1. The van der Waals surface area contributed by atoms with Crippen LogP contribution in [0.15, 0.2) is 77.7 Å². The van der Waals surface area contributed by atoms with Gasteiger partial charge in [0.1, 0.15) is 16.6 Å². The van der Waals surface area contributed by atoms with Crippen LogP contribution >= 0.6 is 11.3 Å². The summed E-state index contributed by atoms with van der Waals surface area (Å²) in [6.45, 7) is 0. The maximum Gasteiger partial charge on any atom is 0.308 e. The second-order valence-corrected chi connectivity index (χ2v) is 10.2.